The van der Waals surface area contributed by atoms with Crippen molar-refractivity contribution in [3.05, 3.63) is 29.3 Å². The van der Waals surface area contributed by atoms with Gasteiger partial charge < -0.3 is 5.11 Å². The molecule has 1 aromatic rings. The predicted molar refractivity (Wildman–Crippen MR) is 107 cm³/mol. The molecular weight excluding hydrogens is 292 g/mol. The van der Waals surface area contributed by atoms with E-state index in [0.29, 0.717) is 16.6 Å². The van der Waals surface area contributed by atoms with Crippen molar-refractivity contribution in [2.45, 2.75) is 99.3 Å². The first-order valence-corrected chi connectivity index (χ1v) is 9.88. The Morgan fingerprint density at radius 1 is 0.667 bits per heavy atom. The normalized spacial score (nSPS) is 12.6. The van der Waals surface area contributed by atoms with Crippen LogP contribution in [0, 0.1) is 10.8 Å². The molecule has 24 heavy (non-hydrogen) atoms. The lowest BCUT2D eigenvalue weighted by molar-refractivity contribution is 0.358. The number of benzene rings is 1. The fourth-order valence-corrected chi connectivity index (χ4v) is 3.21. The molecular formula is C23H40O. The first-order chi connectivity index (χ1) is 11.1. The molecule has 1 nitrogen and oxygen atoms in total. The van der Waals surface area contributed by atoms with Gasteiger partial charge in [-0.1, -0.05) is 66.9 Å². The summed E-state index contributed by atoms with van der Waals surface area (Å²) in [4.78, 5) is 0. The number of aryl methyl sites for hydroxylation is 2. The van der Waals surface area contributed by atoms with Gasteiger partial charge in [0.1, 0.15) is 5.75 Å². The molecule has 1 N–H and O–H groups in total. The van der Waals surface area contributed by atoms with Gasteiger partial charge in [0.15, 0.2) is 0 Å². The molecule has 0 atom stereocenters. The molecule has 0 unspecified atom stereocenters. The maximum atomic E-state index is 9.83. The molecule has 0 saturated carbocycles. The number of rotatable bonds is 9. The van der Waals surface area contributed by atoms with Gasteiger partial charge in [-0.05, 0) is 72.6 Å². The highest BCUT2D eigenvalue weighted by molar-refractivity contribution is 5.35. The molecule has 1 heteroatoms. The Hall–Kier alpha value is -0.980. The topological polar surface area (TPSA) is 20.2 Å². The molecule has 0 aromatic heterocycles. The minimum absolute atomic E-state index is 0.415. The average Bonchev–Trinajstić information content (AvgIpc) is 2.42. The van der Waals surface area contributed by atoms with Crippen molar-refractivity contribution in [3.63, 3.8) is 0 Å². The van der Waals surface area contributed by atoms with E-state index in [9.17, 15) is 5.11 Å². The SMILES string of the molecule is CC(C)(C)CCCCCc1cc(O)ccc1CCCCC(C)(C)C. The van der Waals surface area contributed by atoms with Gasteiger partial charge in [-0.25, -0.2) is 0 Å². The van der Waals surface area contributed by atoms with Crippen LogP contribution >= 0.6 is 0 Å². The number of phenolic OH excluding ortho intramolecular Hbond substituents is 1. The molecule has 0 heterocycles. The van der Waals surface area contributed by atoms with E-state index in [-0.39, 0.29) is 0 Å². The van der Waals surface area contributed by atoms with Crippen LogP contribution in [-0.4, -0.2) is 5.11 Å². The molecule has 0 spiro atoms. The summed E-state index contributed by atoms with van der Waals surface area (Å²) in [5, 5.41) is 9.83. The zero-order valence-corrected chi connectivity index (χ0v) is 17.0. The van der Waals surface area contributed by atoms with Crippen molar-refractivity contribution in [1.82, 2.24) is 0 Å². The molecule has 1 rings (SSSR count). The lowest BCUT2D eigenvalue weighted by Gasteiger charge is -2.18. The number of hydrogen-bond acceptors (Lipinski definition) is 1. The second kappa shape index (κ2) is 9.49. The summed E-state index contributed by atoms with van der Waals surface area (Å²) in [7, 11) is 0. The minimum atomic E-state index is 0.415. The lowest BCUT2D eigenvalue weighted by atomic mass is 9.88. The number of hydrogen-bond donors (Lipinski definition) is 1. The van der Waals surface area contributed by atoms with E-state index in [1.165, 1.54) is 56.1 Å². The zero-order valence-electron chi connectivity index (χ0n) is 17.0. The van der Waals surface area contributed by atoms with Gasteiger partial charge in [0.05, 0.1) is 0 Å². The van der Waals surface area contributed by atoms with E-state index in [1.807, 2.05) is 12.1 Å². The summed E-state index contributed by atoms with van der Waals surface area (Å²) in [5.74, 6) is 0.415. The summed E-state index contributed by atoms with van der Waals surface area (Å²) in [6.07, 6.45) is 11.2. The predicted octanol–water partition coefficient (Wildman–Crippen LogP) is 7.30. The van der Waals surface area contributed by atoms with Gasteiger partial charge >= 0.3 is 0 Å². The zero-order chi connectivity index (χ0) is 18.2. The van der Waals surface area contributed by atoms with Crippen LogP contribution in [0.15, 0.2) is 18.2 Å². The Morgan fingerprint density at radius 2 is 1.17 bits per heavy atom. The third kappa shape index (κ3) is 10.0. The molecule has 0 aliphatic carbocycles. The van der Waals surface area contributed by atoms with E-state index in [2.05, 4.69) is 47.6 Å². The maximum Gasteiger partial charge on any atom is 0.115 e. The fourth-order valence-electron chi connectivity index (χ4n) is 3.21. The third-order valence-corrected chi connectivity index (χ3v) is 4.69. The van der Waals surface area contributed by atoms with Crippen LogP contribution in [0.4, 0.5) is 0 Å². The molecule has 0 saturated heterocycles. The quantitative estimate of drug-likeness (QED) is 0.470. The monoisotopic (exact) mass is 332 g/mol. The highest BCUT2D eigenvalue weighted by Gasteiger charge is 2.11. The molecule has 1 aromatic carbocycles. The Kier molecular flexibility index (Phi) is 8.33. The Balaban J connectivity index is 2.43. The fraction of sp³-hybridized carbons (Fsp3) is 0.739. The summed E-state index contributed by atoms with van der Waals surface area (Å²) in [6.45, 7) is 13.9. The minimum Gasteiger partial charge on any atom is -0.508 e. The van der Waals surface area contributed by atoms with Gasteiger partial charge in [0, 0.05) is 0 Å². The van der Waals surface area contributed by atoms with Crippen molar-refractivity contribution in [3.8, 4) is 5.75 Å². The Bertz CT molecular complexity index is 474. The van der Waals surface area contributed by atoms with E-state index < -0.39 is 0 Å². The lowest BCUT2D eigenvalue weighted by Crippen LogP contribution is -2.05. The van der Waals surface area contributed by atoms with Crippen LogP contribution < -0.4 is 0 Å². The second-order valence-electron chi connectivity index (χ2n) is 9.84. The average molecular weight is 333 g/mol. The molecule has 138 valence electrons. The highest BCUT2D eigenvalue weighted by atomic mass is 16.3. The van der Waals surface area contributed by atoms with Crippen molar-refractivity contribution < 1.29 is 5.11 Å². The number of unbranched alkanes of at least 4 members (excludes halogenated alkanes) is 3. The van der Waals surface area contributed by atoms with Crippen molar-refractivity contribution >= 4 is 0 Å². The molecule has 0 aliphatic heterocycles. The molecule has 0 aliphatic rings. The van der Waals surface area contributed by atoms with Crippen LogP contribution in [0.5, 0.6) is 5.75 Å². The van der Waals surface area contributed by atoms with E-state index in [0.717, 1.165) is 12.8 Å². The van der Waals surface area contributed by atoms with Crippen LogP contribution in [-0.2, 0) is 12.8 Å². The van der Waals surface area contributed by atoms with Gasteiger partial charge in [0.25, 0.3) is 0 Å². The van der Waals surface area contributed by atoms with Crippen molar-refractivity contribution in [1.29, 1.82) is 0 Å². The van der Waals surface area contributed by atoms with Crippen LogP contribution in [0.3, 0.4) is 0 Å². The van der Waals surface area contributed by atoms with Gasteiger partial charge in [-0.2, -0.15) is 0 Å². The number of phenols is 1. The number of aromatic hydroxyl groups is 1. The maximum absolute atomic E-state index is 9.83. The van der Waals surface area contributed by atoms with Crippen molar-refractivity contribution in [2.75, 3.05) is 0 Å². The van der Waals surface area contributed by atoms with E-state index in [4.69, 9.17) is 0 Å². The third-order valence-electron chi connectivity index (χ3n) is 4.69. The first kappa shape index (κ1) is 21.1. The standard InChI is InChI=1S/C23H40O/c1-22(2,3)16-10-7-8-13-20-18-21(24)15-14-19(20)12-9-11-17-23(4,5)6/h14-15,18,24H,7-13,16-17H2,1-6H3. The first-order valence-electron chi connectivity index (χ1n) is 9.88. The van der Waals surface area contributed by atoms with Gasteiger partial charge in [-0.15, -0.1) is 0 Å². The second-order valence-corrected chi connectivity index (χ2v) is 9.84. The summed E-state index contributed by atoms with van der Waals surface area (Å²) in [5.41, 5.74) is 3.69. The Morgan fingerprint density at radius 3 is 1.75 bits per heavy atom. The summed E-state index contributed by atoms with van der Waals surface area (Å²) < 4.78 is 0. The summed E-state index contributed by atoms with van der Waals surface area (Å²) >= 11 is 0. The molecule has 0 amide bonds. The molecule has 0 fully saturated rings. The van der Waals surface area contributed by atoms with Crippen molar-refractivity contribution in [2.24, 2.45) is 10.8 Å². The van der Waals surface area contributed by atoms with Crippen LogP contribution in [0.2, 0.25) is 0 Å². The van der Waals surface area contributed by atoms with Crippen LogP contribution in [0.1, 0.15) is 97.6 Å². The van der Waals surface area contributed by atoms with Crippen LogP contribution in [0.25, 0.3) is 0 Å². The van der Waals surface area contributed by atoms with Gasteiger partial charge in [-0.3, -0.25) is 0 Å². The van der Waals surface area contributed by atoms with Gasteiger partial charge in [0.2, 0.25) is 0 Å². The summed E-state index contributed by atoms with van der Waals surface area (Å²) in [6, 6.07) is 5.97. The highest BCUT2D eigenvalue weighted by Crippen LogP contribution is 2.26. The smallest absolute Gasteiger partial charge is 0.115 e. The molecule has 0 bridgehead atoms. The largest absolute Gasteiger partial charge is 0.508 e. The molecule has 0 radical (unpaired) electrons. The Labute approximate surface area is 150 Å². The van der Waals surface area contributed by atoms with E-state index in [1.54, 1.807) is 0 Å². The van der Waals surface area contributed by atoms with E-state index >= 15 is 0 Å².